The number of hydrogen-bond acceptors (Lipinski definition) is 6. The number of benzene rings is 1. The van der Waals surface area contributed by atoms with Crippen molar-refractivity contribution in [3.63, 3.8) is 0 Å². The maximum Gasteiger partial charge on any atom is 0.271 e. The number of nitrogens with zero attached hydrogens (tertiary/aromatic N) is 4. The van der Waals surface area contributed by atoms with Gasteiger partial charge in [0.05, 0.1) is 11.8 Å². The van der Waals surface area contributed by atoms with Crippen LogP contribution >= 0.6 is 11.6 Å². The van der Waals surface area contributed by atoms with E-state index in [1.54, 1.807) is 0 Å². The predicted octanol–water partition coefficient (Wildman–Crippen LogP) is 2.22. The number of hydrazone groups is 1. The largest absolute Gasteiger partial charge is 0.368 e. The van der Waals surface area contributed by atoms with Crippen LogP contribution in [0, 0.1) is 5.82 Å². The molecule has 25 heavy (non-hydrogen) atoms. The Labute approximate surface area is 148 Å². The summed E-state index contributed by atoms with van der Waals surface area (Å²) in [6, 6.07) is 5.15. The summed E-state index contributed by atoms with van der Waals surface area (Å²) in [7, 11) is 0. The second-order valence-corrected chi connectivity index (χ2v) is 5.87. The Morgan fingerprint density at radius 3 is 2.64 bits per heavy atom. The van der Waals surface area contributed by atoms with Crippen molar-refractivity contribution in [3.05, 3.63) is 46.4 Å². The van der Waals surface area contributed by atoms with E-state index in [-0.39, 0.29) is 16.7 Å². The summed E-state index contributed by atoms with van der Waals surface area (Å²) in [5.74, 6) is -0.207. The summed E-state index contributed by atoms with van der Waals surface area (Å²) in [6.07, 6.45) is 3.50. The highest BCUT2D eigenvalue weighted by Crippen LogP contribution is 2.26. The average molecular weight is 363 g/mol. The van der Waals surface area contributed by atoms with Gasteiger partial charge in [-0.05, 0) is 37.1 Å². The smallest absolute Gasteiger partial charge is 0.271 e. The quantitative estimate of drug-likeness (QED) is 0.494. The molecule has 1 saturated heterocycles. The lowest BCUT2D eigenvalue weighted by Gasteiger charge is -2.19. The lowest BCUT2D eigenvalue weighted by Crippen LogP contribution is -2.22. The third kappa shape index (κ3) is 4.03. The summed E-state index contributed by atoms with van der Waals surface area (Å²) in [5, 5.41) is 4.07. The molecule has 1 aliphatic rings. The number of nitrogens with two attached hydrogens (primary N) is 1. The molecule has 2 heterocycles. The van der Waals surface area contributed by atoms with Crippen LogP contribution in [0.15, 0.2) is 29.4 Å². The fourth-order valence-electron chi connectivity index (χ4n) is 2.55. The molecule has 9 heteroatoms. The van der Waals surface area contributed by atoms with Gasteiger partial charge < -0.3 is 10.6 Å². The number of carbonyl (C=O) groups excluding carboxylic acids is 1. The van der Waals surface area contributed by atoms with Crippen LogP contribution in [-0.4, -0.2) is 35.2 Å². The number of nitrogen functional groups attached to an aromatic ring is 1. The first-order valence-corrected chi connectivity index (χ1v) is 8.09. The van der Waals surface area contributed by atoms with Crippen LogP contribution in [-0.2, 0) is 0 Å². The maximum atomic E-state index is 12.9. The van der Waals surface area contributed by atoms with Crippen LogP contribution < -0.4 is 16.1 Å². The van der Waals surface area contributed by atoms with E-state index in [0.29, 0.717) is 11.4 Å². The fraction of sp³-hybridized carbons (Fsp3) is 0.250. The molecule has 1 amide bonds. The normalized spacial score (nSPS) is 14.2. The minimum atomic E-state index is -0.466. The van der Waals surface area contributed by atoms with Gasteiger partial charge in [0.2, 0.25) is 5.95 Å². The van der Waals surface area contributed by atoms with E-state index in [4.69, 9.17) is 17.3 Å². The topological polar surface area (TPSA) is 96.5 Å². The zero-order valence-corrected chi connectivity index (χ0v) is 14.0. The molecular weight excluding hydrogens is 347 g/mol. The molecular formula is C16H16ClFN6O. The predicted molar refractivity (Wildman–Crippen MR) is 94.4 cm³/mol. The Kier molecular flexibility index (Phi) is 5.08. The van der Waals surface area contributed by atoms with E-state index >= 15 is 0 Å². The van der Waals surface area contributed by atoms with Gasteiger partial charge in [0.25, 0.3) is 5.91 Å². The van der Waals surface area contributed by atoms with Crippen molar-refractivity contribution >= 4 is 35.5 Å². The number of carbonyl (C=O) groups is 1. The minimum Gasteiger partial charge on any atom is -0.368 e. The first kappa shape index (κ1) is 17.1. The molecule has 2 aromatic rings. The molecule has 1 aliphatic heterocycles. The van der Waals surface area contributed by atoms with Crippen molar-refractivity contribution < 1.29 is 9.18 Å². The van der Waals surface area contributed by atoms with E-state index in [1.807, 2.05) is 4.90 Å². The van der Waals surface area contributed by atoms with Gasteiger partial charge in [-0.1, -0.05) is 11.6 Å². The van der Waals surface area contributed by atoms with Crippen LogP contribution in [0.4, 0.5) is 16.2 Å². The first-order valence-electron chi connectivity index (χ1n) is 7.71. The standard InChI is InChI=1S/C16H16ClFN6O/c17-13-12(14(22-16(19)21-13)24-7-1-2-8-24)9-20-23-15(25)10-3-5-11(18)6-4-10/h3-6,9H,1-2,7-8H2,(H,23,25)(H2,19,21,22)/b20-9+. The molecule has 0 radical (unpaired) electrons. The van der Waals surface area contributed by atoms with Crippen molar-refractivity contribution in [3.8, 4) is 0 Å². The number of nitrogens with one attached hydrogen (secondary N) is 1. The second kappa shape index (κ2) is 7.43. The lowest BCUT2D eigenvalue weighted by molar-refractivity contribution is 0.0955. The number of anilines is 2. The molecule has 0 saturated carbocycles. The van der Waals surface area contributed by atoms with Gasteiger partial charge >= 0.3 is 0 Å². The lowest BCUT2D eigenvalue weighted by atomic mass is 10.2. The molecule has 130 valence electrons. The van der Waals surface area contributed by atoms with Crippen LogP contribution in [0.25, 0.3) is 0 Å². The number of rotatable bonds is 4. The number of aromatic nitrogens is 2. The maximum absolute atomic E-state index is 12.9. The summed E-state index contributed by atoms with van der Waals surface area (Å²) in [4.78, 5) is 22.2. The Hall–Kier alpha value is -2.74. The SMILES string of the molecule is Nc1nc(Cl)c(/C=N/NC(=O)c2ccc(F)cc2)c(N2CCCC2)n1. The Morgan fingerprint density at radius 1 is 1.28 bits per heavy atom. The van der Waals surface area contributed by atoms with Crippen molar-refractivity contribution in [1.29, 1.82) is 0 Å². The van der Waals surface area contributed by atoms with Gasteiger partial charge in [-0.3, -0.25) is 4.79 Å². The van der Waals surface area contributed by atoms with E-state index < -0.39 is 11.7 Å². The highest BCUT2D eigenvalue weighted by atomic mass is 35.5. The summed E-state index contributed by atoms with van der Waals surface area (Å²) < 4.78 is 12.9. The molecule has 7 nitrogen and oxygen atoms in total. The monoisotopic (exact) mass is 362 g/mol. The Balaban J connectivity index is 1.78. The van der Waals surface area contributed by atoms with Gasteiger partial charge in [0.15, 0.2) is 0 Å². The zero-order valence-electron chi connectivity index (χ0n) is 13.2. The molecule has 0 spiro atoms. The van der Waals surface area contributed by atoms with Crippen molar-refractivity contribution in [2.75, 3.05) is 23.7 Å². The van der Waals surface area contributed by atoms with Gasteiger partial charge in [-0.2, -0.15) is 10.1 Å². The Morgan fingerprint density at radius 2 is 1.96 bits per heavy atom. The molecule has 3 rings (SSSR count). The van der Waals surface area contributed by atoms with E-state index in [0.717, 1.165) is 25.9 Å². The van der Waals surface area contributed by atoms with E-state index in [9.17, 15) is 9.18 Å². The molecule has 1 fully saturated rings. The van der Waals surface area contributed by atoms with Gasteiger partial charge in [0, 0.05) is 18.7 Å². The van der Waals surface area contributed by atoms with Gasteiger partial charge in [-0.25, -0.2) is 14.8 Å². The summed E-state index contributed by atoms with van der Waals surface area (Å²) in [6.45, 7) is 1.69. The van der Waals surface area contributed by atoms with Crippen molar-refractivity contribution in [1.82, 2.24) is 15.4 Å². The third-order valence-corrected chi connectivity index (χ3v) is 4.06. The molecule has 1 aromatic heterocycles. The molecule has 0 unspecified atom stereocenters. The first-order chi connectivity index (χ1) is 12.0. The Bertz CT molecular complexity index is 805. The van der Waals surface area contributed by atoms with E-state index in [2.05, 4.69) is 20.5 Å². The number of amides is 1. The highest BCUT2D eigenvalue weighted by Gasteiger charge is 2.20. The molecule has 0 bridgehead atoms. The third-order valence-electron chi connectivity index (χ3n) is 3.77. The molecule has 1 aromatic carbocycles. The second-order valence-electron chi connectivity index (χ2n) is 5.51. The molecule has 0 aliphatic carbocycles. The van der Waals surface area contributed by atoms with Crippen LogP contribution in [0.3, 0.4) is 0 Å². The molecule has 3 N–H and O–H groups in total. The average Bonchev–Trinajstić information content (AvgIpc) is 3.11. The summed E-state index contributed by atoms with van der Waals surface area (Å²) >= 11 is 6.16. The number of halogens is 2. The van der Waals surface area contributed by atoms with Crippen molar-refractivity contribution in [2.24, 2.45) is 5.10 Å². The highest BCUT2D eigenvalue weighted by molar-refractivity contribution is 6.32. The van der Waals surface area contributed by atoms with Crippen LogP contribution in [0.5, 0.6) is 0 Å². The van der Waals surface area contributed by atoms with Gasteiger partial charge in [0.1, 0.15) is 16.8 Å². The molecule has 0 atom stereocenters. The van der Waals surface area contributed by atoms with E-state index in [1.165, 1.54) is 30.5 Å². The van der Waals surface area contributed by atoms with Crippen LogP contribution in [0.2, 0.25) is 5.15 Å². The summed E-state index contributed by atoms with van der Waals surface area (Å²) in [5.41, 5.74) is 8.83. The van der Waals surface area contributed by atoms with Crippen molar-refractivity contribution in [2.45, 2.75) is 12.8 Å². The minimum absolute atomic E-state index is 0.0828. The number of hydrogen-bond donors (Lipinski definition) is 2. The van der Waals surface area contributed by atoms with Crippen LogP contribution in [0.1, 0.15) is 28.8 Å². The zero-order chi connectivity index (χ0) is 17.8. The van der Waals surface area contributed by atoms with Gasteiger partial charge in [-0.15, -0.1) is 0 Å². The fourth-order valence-corrected chi connectivity index (χ4v) is 2.77.